The first kappa shape index (κ1) is 20.8. The summed E-state index contributed by atoms with van der Waals surface area (Å²) in [6, 6.07) is 15.0. The fourth-order valence-corrected chi connectivity index (χ4v) is 5.43. The molecule has 0 spiro atoms. The zero-order valence-electron chi connectivity index (χ0n) is 19.1. The Morgan fingerprint density at radius 2 is 2.00 bits per heavy atom. The SMILES string of the molecule is CCN(CC)C(=O)[C@@H]1C=C2c3cccc4[nH]cc(c34)C[C@H]2N(Cc2cccc(OC)c2)C1. The molecule has 2 aliphatic rings. The van der Waals surface area contributed by atoms with Crippen molar-refractivity contribution in [3.8, 4) is 5.75 Å². The van der Waals surface area contributed by atoms with Crippen molar-refractivity contribution in [2.24, 2.45) is 5.92 Å². The Balaban J connectivity index is 1.57. The first-order valence-corrected chi connectivity index (χ1v) is 11.6. The van der Waals surface area contributed by atoms with Crippen LogP contribution in [0.4, 0.5) is 0 Å². The summed E-state index contributed by atoms with van der Waals surface area (Å²) in [4.78, 5) is 21.3. The number of nitrogens with zero attached hydrogens (tertiary/aromatic N) is 2. The van der Waals surface area contributed by atoms with Crippen molar-refractivity contribution in [3.63, 3.8) is 0 Å². The molecule has 2 atom stereocenters. The summed E-state index contributed by atoms with van der Waals surface area (Å²) in [7, 11) is 1.70. The van der Waals surface area contributed by atoms with Crippen LogP contribution in [0, 0.1) is 5.92 Å². The summed E-state index contributed by atoms with van der Waals surface area (Å²) >= 11 is 0. The lowest BCUT2D eigenvalue weighted by Gasteiger charge is -2.42. The number of hydrogen-bond acceptors (Lipinski definition) is 3. The van der Waals surface area contributed by atoms with E-state index in [9.17, 15) is 4.79 Å². The van der Waals surface area contributed by atoms with Crippen molar-refractivity contribution in [1.29, 1.82) is 0 Å². The summed E-state index contributed by atoms with van der Waals surface area (Å²) < 4.78 is 5.45. The molecular formula is C27H31N3O2. The molecule has 0 saturated carbocycles. The number of methoxy groups -OCH3 is 1. The van der Waals surface area contributed by atoms with Gasteiger partial charge >= 0.3 is 0 Å². The molecule has 166 valence electrons. The van der Waals surface area contributed by atoms with E-state index >= 15 is 0 Å². The van der Waals surface area contributed by atoms with Gasteiger partial charge in [-0.25, -0.2) is 0 Å². The Hall–Kier alpha value is -3.05. The monoisotopic (exact) mass is 429 g/mol. The smallest absolute Gasteiger partial charge is 0.230 e. The van der Waals surface area contributed by atoms with Crippen LogP contribution >= 0.6 is 0 Å². The fraction of sp³-hybridized carbons (Fsp3) is 0.370. The summed E-state index contributed by atoms with van der Waals surface area (Å²) in [5.41, 5.74) is 6.30. The van der Waals surface area contributed by atoms with Crippen molar-refractivity contribution in [2.45, 2.75) is 32.9 Å². The minimum atomic E-state index is -0.137. The molecule has 1 aliphatic heterocycles. The van der Waals surface area contributed by atoms with E-state index in [4.69, 9.17) is 4.74 Å². The largest absolute Gasteiger partial charge is 0.497 e. The number of ether oxygens (including phenoxy) is 1. The van der Waals surface area contributed by atoms with Gasteiger partial charge in [0.15, 0.2) is 0 Å². The van der Waals surface area contributed by atoms with Gasteiger partial charge in [-0.3, -0.25) is 9.69 Å². The van der Waals surface area contributed by atoms with Crippen LogP contribution in [-0.2, 0) is 17.8 Å². The highest BCUT2D eigenvalue weighted by atomic mass is 16.5. The summed E-state index contributed by atoms with van der Waals surface area (Å²) in [5, 5.41) is 1.31. The highest BCUT2D eigenvalue weighted by Gasteiger charge is 2.38. The minimum absolute atomic E-state index is 0.137. The third kappa shape index (κ3) is 3.51. The van der Waals surface area contributed by atoms with E-state index in [1.807, 2.05) is 17.0 Å². The van der Waals surface area contributed by atoms with Gasteiger partial charge in [0.05, 0.1) is 13.0 Å². The summed E-state index contributed by atoms with van der Waals surface area (Å²) in [5.74, 6) is 0.957. The highest BCUT2D eigenvalue weighted by molar-refractivity contribution is 5.99. The standard InChI is InChI=1S/C27H31N3O2/c1-4-29(5-2)27(31)20-13-23-22-10-7-11-24-26(22)19(15-28-24)14-25(23)30(17-20)16-18-8-6-9-21(12-18)32-3/h6-13,15,20,25,28H,4-5,14,16-17H2,1-3H3/t20-,25-/m1/s1. The Kier molecular flexibility index (Phi) is 5.51. The molecule has 0 saturated heterocycles. The molecule has 2 heterocycles. The van der Waals surface area contributed by atoms with Gasteiger partial charge in [0.25, 0.3) is 0 Å². The van der Waals surface area contributed by atoms with Crippen LogP contribution in [0.25, 0.3) is 16.5 Å². The third-order valence-electron chi connectivity index (χ3n) is 7.04. The van der Waals surface area contributed by atoms with Crippen molar-refractivity contribution >= 4 is 22.4 Å². The molecule has 1 amide bonds. The van der Waals surface area contributed by atoms with Crippen LogP contribution < -0.4 is 4.74 Å². The van der Waals surface area contributed by atoms with Crippen LogP contribution in [0.3, 0.4) is 0 Å². The van der Waals surface area contributed by atoms with E-state index in [1.165, 1.54) is 33.2 Å². The second-order valence-corrected chi connectivity index (χ2v) is 8.78. The Bertz CT molecular complexity index is 1170. The average Bonchev–Trinajstić information content (AvgIpc) is 3.24. The van der Waals surface area contributed by atoms with Crippen LogP contribution in [0.1, 0.15) is 30.5 Å². The number of carbonyl (C=O) groups excluding carboxylic acids is 1. The maximum atomic E-state index is 13.4. The van der Waals surface area contributed by atoms with E-state index in [1.54, 1.807) is 7.11 Å². The third-order valence-corrected chi connectivity index (χ3v) is 7.04. The minimum Gasteiger partial charge on any atom is -0.497 e. The molecule has 0 unspecified atom stereocenters. The van der Waals surface area contributed by atoms with Gasteiger partial charge in [-0.15, -0.1) is 0 Å². The molecule has 3 aromatic rings. The van der Waals surface area contributed by atoms with Crippen molar-refractivity contribution < 1.29 is 9.53 Å². The number of aromatic amines is 1. The maximum Gasteiger partial charge on any atom is 0.230 e. The molecule has 1 aliphatic carbocycles. The van der Waals surface area contributed by atoms with Crippen molar-refractivity contribution in [3.05, 3.63) is 71.4 Å². The average molecular weight is 430 g/mol. The Morgan fingerprint density at radius 3 is 2.78 bits per heavy atom. The number of carbonyl (C=O) groups is 1. The molecule has 1 N–H and O–H groups in total. The lowest BCUT2D eigenvalue weighted by atomic mass is 9.79. The molecule has 5 nitrogen and oxygen atoms in total. The lowest BCUT2D eigenvalue weighted by Crippen LogP contribution is -2.48. The quantitative estimate of drug-likeness (QED) is 0.628. The van der Waals surface area contributed by atoms with E-state index in [2.05, 4.69) is 66.3 Å². The van der Waals surface area contributed by atoms with Gasteiger partial charge in [0, 0.05) is 49.3 Å². The highest BCUT2D eigenvalue weighted by Crippen LogP contribution is 2.42. The lowest BCUT2D eigenvalue weighted by molar-refractivity contribution is -0.134. The molecule has 0 radical (unpaired) electrons. The number of fused-ring (bicyclic) bond motifs is 2. The van der Waals surface area contributed by atoms with Crippen LogP contribution in [0.2, 0.25) is 0 Å². The maximum absolute atomic E-state index is 13.4. The Morgan fingerprint density at radius 1 is 1.19 bits per heavy atom. The van der Waals surface area contributed by atoms with Crippen LogP contribution in [0.15, 0.2) is 54.7 Å². The predicted octanol–water partition coefficient (Wildman–Crippen LogP) is 4.49. The first-order valence-electron chi connectivity index (χ1n) is 11.6. The summed E-state index contributed by atoms with van der Waals surface area (Å²) in [6.07, 6.45) is 5.37. The van der Waals surface area contributed by atoms with Gasteiger partial charge in [-0.05, 0) is 60.7 Å². The molecule has 0 fully saturated rings. The van der Waals surface area contributed by atoms with Gasteiger partial charge in [-0.1, -0.05) is 30.3 Å². The number of benzene rings is 2. The predicted molar refractivity (Wildman–Crippen MR) is 129 cm³/mol. The molecular weight excluding hydrogens is 398 g/mol. The topological polar surface area (TPSA) is 48.6 Å². The van der Waals surface area contributed by atoms with E-state index in [0.717, 1.165) is 38.3 Å². The Labute approximate surface area is 189 Å². The van der Waals surface area contributed by atoms with Crippen molar-refractivity contribution in [1.82, 2.24) is 14.8 Å². The zero-order chi connectivity index (χ0) is 22.2. The normalized spacial score (nSPS) is 20.0. The molecule has 1 aromatic heterocycles. The molecule has 5 heteroatoms. The molecule has 2 aromatic carbocycles. The van der Waals surface area contributed by atoms with E-state index < -0.39 is 0 Å². The zero-order valence-corrected chi connectivity index (χ0v) is 19.1. The number of hydrogen-bond donors (Lipinski definition) is 1. The van der Waals surface area contributed by atoms with E-state index in [0.29, 0.717) is 0 Å². The van der Waals surface area contributed by atoms with Crippen LogP contribution in [-0.4, -0.2) is 53.5 Å². The number of aromatic nitrogens is 1. The van der Waals surface area contributed by atoms with Gasteiger partial charge in [0.2, 0.25) is 5.91 Å². The van der Waals surface area contributed by atoms with Gasteiger partial charge in [-0.2, -0.15) is 0 Å². The number of amides is 1. The molecule has 5 rings (SSSR count). The van der Waals surface area contributed by atoms with Gasteiger partial charge < -0.3 is 14.6 Å². The second kappa shape index (κ2) is 8.47. The molecule has 0 bridgehead atoms. The second-order valence-electron chi connectivity index (χ2n) is 8.78. The summed E-state index contributed by atoms with van der Waals surface area (Å²) in [6.45, 7) is 7.12. The van der Waals surface area contributed by atoms with Gasteiger partial charge in [0.1, 0.15) is 5.75 Å². The number of H-pyrrole nitrogens is 1. The number of rotatable bonds is 6. The van der Waals surface area contributed by atoms with E-state index in [-0.39, 0.29) is 17.9 Å². The number of nitrogens with one attached hydrogen (secondary N) is 1. The molecule has 32 heavy (non-hydrogen) atoms. The first-order chi connectivity index (χ1) is 15.6. The van der Waals surface area contributed by atoms with Crippen molar-refractivity contribution in [2.75, 3.05) is 26.7 Å². The van der Waals surface area contributed by atoms with Crippen LogP contribution in [0.5, 0.6) is 5.75 Å². The fourth-order valence-electron chi connectivity index (χ4n) is 5.43.